The lowest BCUT2D eigenvalue weighted by Gasteiger charge is -2.31. The molecule has 0 N–H and O–H groups in total. The van der Waals surface area contributed by atoms with Gasteiger partial charge >= 0.3 is 0 Å². The zero-order chi connectivity index (χ0) is 16.8. The summed E-state index contributed by atoms with van der Waals surface area (Å²) in [5, 5.41) is 0. The Kier molecular flexibility index (Phi) is 6.43. The van der Waals surface area contributed by atoms with Gasteiger partial charge in [0.1, 0.15) is 0 Å². The van der Waals surface area contributed by atoms with E-state index in [9.17, 15) is 9.18 Å². The molecule has 1 aromatic carbocycles. The molecule has 0 bridgehead atoms. The van der Waals surface area contributed by atoms with Crippen LogP contribution in [0.3, 0.4) is 0 Å². The summed E-state index contributed by atoms with van der Waals surface area (Å²) in [6.07, 6.45) is 4.67. The Bertz CT molecular complexity index is 536. The molecule has 1 aliphatic heterocycles. The number of ether oxygens (including phenoxy) is 1. The molecule has 0 spiro atoms. The molecule has 1 heterocycles. The molecule has 4 heteroatoms. The van der Waals surface area contributed by atoms with Gasteiger partial charge in [0.05, 0.1) is 6.61 Å². The average Bonchev–Trinajstić information content (AvgIpc) is 2.55. The van der Waals surface area contributed by atoms with Crippen LogP contribution in [0.5, 0.6) is 5.75 Å². The fourth-order valence-electron chi connectivity index (χ4n) is 3.20. The van der Waals surface area contributed by atoms with Crippen LogP contribution in [-0.4, -0.2) is 30.5 Å². The molecule has 128 valence electrons. The minimum Gasteiger partial charge on any atom is -0.490 e. The molecule has 0 saturated carbocycles. The van der Waals surface area contributed by atoms with Gasteiger partial charge in [-0.2, -0.15) is 0 Å². The summed E-state index contributed by atoms with van der Waals surface area (Å²) < 4.78 is 20.0. The number of benzene rings is 1. The third-order valence-corrected chi connectivity index (χ3v) is 4.69. The standard InChI is InChI=1S/C19H28FNO2/c1-4-6-17-11-18(20)19(12-16(17)5-2)23-13-15-7-9-21(10-8-15)14(3)22/h11-12,15H,4-10,13H2,1-3H3. The van der Waals surface area contributed by atoms with Crippen molar-refractivity contribution >= 4 is 5.91 Å². The highest BCUT2D eigenvalue weighted by molar-refractivity contribution is 5.73. The Labute approximate surface area is 138 Å². The molecule has 2 rings (SSSR count). The lowest BCUT2D eigenvalue weighted by molar-refractivity contribution is -0.130. The van der Waals surface area contributed by atoms with Crippen LogP contribution in [0.1, 0.15) is 51.2 Å². The molecular formula is C19H28FNO2. The van der Waals surface area contributed by atoms with Gasteiger partial charge < -0.3 is 9.64 Å². The van der Waals surface area contributed by atoms with Gasteiger partial charge in [-0.05, 0) is 54.9 Å². The highest BCUT2D eigenvalue weighted by atomic mass is 19.1. The van der Waals surface area contributed by atoms with Gasteiger partial charge in [0.25, 0.3) is 0 Å². The summed E-state index contributed by atoms with van der Waals surface area (Å²) >= 11 is 0. The lowest BCUT2D eigenvalue weighted by atomic mass is 9.97. The summed E-state index contributed by atoms with van der Waals surface area (Å²) in [5.74, 6) is 0.641. The van der Waals surface area contributed by atoms with E-state index >= 15 is 0 Å². The van der Waals surface area contributed by atoms with Crippen molar-refractivity contribution in [2.24, 2.45) is 5.92 Å². The van der Waals surface area contributed by atoms with E-state index in [1.54, 1.807) is 13.0 Å². The monoisotopic (exact) mass is 321 g/mol. The number of likely N-dealkylation sites (tertiary alicyclic amines) is 1. The van der Waals surface area contributed by atoms with E-state index in [0.29, 0.717) is 18.3 Å². The third-order valence-electron chi connectivity index (χ3n) is 4.69. The Balaban J connectivity index is 1.94. The van der Waals surface area contributed by atoms with Crippen molar-refractivity contribution in [3.05, 3.63) is 29.1 Å². The van der Waals surface area contributed by atoms with Gasteiger partial charge in [-0.1, -0.05) is 20.3 Å². The van der Waals surface area contributed by atoms with Gasteiger partial charge in [0.15, 0.2) is 11.6 Å². The van der Waals surface area contributed by atoms with Crippen molar-refractivity contribution in [1.29, 1.82) is 0 Å². The van der Waals surface area contributed by atoms with Crippen LogP contribution < -0.4 is 4.74 Å². The predicted octanol–water partition coefficient (Wildman–Crippen LogP) is 3.98. The van der Waals surface area contributed by atoms with Crippen LogP contribution >= 0.6 is 0 Å². The van der Waals surface area contributed by atoms with E-state index in [1.807, 2.05) is 11.0 Å². The van der Waals surface area contributed by atoms with E-state index in [2.05, 4.69) is 13.8 Å². The Morgan fingerprint density at radius 3 is 2.52 bits per heavy atom. The molecule has 1 aromatic rings. The second-order valence-corrected chi connectivity index (χ2v) is 6.42. The minimum atomic E-state index is -0.258. The fraction of sp³-hybridized carbons (Fsp3) is 0.632. The van der Waals surface area contributed by atoms with E-state index in [4.69, 9.17) is 4.74 Å². The quantitative estimate of drug-likeness (QED) is 0.793. The molecule has 0 radical (unpaired) electrons. The molecular weight excluding hydrogens is 293 g/mol. The number of carbonyl (C=O) groups excluding carboxylic acids is 1. The molecule has 1 amide bonds. The number of halogens is 1. The van der Waals surface area contributed by atoms with Gasteiger partial charge in [-0.15, -0.1) is 0 Å². The summed E-state index contributed by atoms with van der Waals surface area (Å²) in [6.45, 7) is 7.89. The molecule has 1 saturated heterocycles. The van der Waals surface area contributed by atoms with Gasteiger partial charge in [0.2, 0.25) is 5.91 Å². The molecule has 0 aliphatic carbocycles. The number of rotatable bonds is 6. The van der Waals surface area contributed by atoms with Crippen LogP contribution in [0.25, 0.3) is 0 Å². The van der Waals surface area contributed by atoms with Crippen LogP contribution in [-0.2, 0) is 17.6 Å². The van der Waals surface area contributed by atoms with Crippen LogP contribution in [0.4, 0.5) is 4.39 Å². The van der Waals surface area contributed by atoms with E-state index in [0.717, 1.165) is 50.8 Å². The second kappa shape index (κ2) is 8.32. The molecule has 23 heavy (non-hydrogen) atoms. The number of hydrogen-bond donors (Lipinski definition) is 0. The van der Waals surface area contributed by atoms with E-state index in [1.165, 1.54) is 5.56 Å². The minimum absolute atomic E-state index is 0.134. The summed E-state index contributed by atoms with van der Waals surface area (Å²) in [4.78, 5) is 13.2. The number of nitrogens with zero attached hydrogens (tertiary/aromatic N) is 1. The van der Waals surface area contributed by atoms with Crippen molar-refractivity contribution in [3.63, 3.8) is 0 Å². The maximum absolute atomic E-state index is 14.2. The van der Waals surface area contributed by atoms with Crippen molar-refractivity contribution in [3.8, 4) is 5.75 Å². The normalized spacial score (nSPS) is 15.7. The number of carbonyl (C=O) groups is 1. The van der Waals surface area contributed by atoms with Gasteiger partial charge in [0, 0.05) is 20.0 Å². The smallest absolute Gasteiger partial charge is 0.219 e. The summed E-state index contributed by atoms with van der Waals surface area (Å²) in [5.41, 5.74) is 2.27. The van der Waals surface area contributed by atoms with E-state index < -0.39 is 0 Å². The highest BCUT2D eigenvalue weighted by Crippen LogP contribution is 2.26. The SMILES string of the molecule is CCCc1cc(F)c(OCC2CCN(C(C)=O)CC2)cc1CC. The summed E-state index contributed by atoms with van der Waals surface area (Å²) in [7, 11) is 0. The lowest BCUT2D eigenvalue weighted by Crippen LogP contribution is -2.38. The Morgan fingerprint density at radius 2 is 1.96 bits per heavy atom. The maximum atomic E-state index is 14.2. The maximum Gasteiger partial charge on any atom is 0.219 e. The predicted molar refractivity (Wildman–Crippen MR) is 90.2 cm³/mol. The first-order valence-electron chi connectivity index (χ1n) is 8.74. The van der Waals surface area contributed by atoms with Crippen molar-refractivity contribution in [2.45, 2.75) is 52.9 Å². The number of aryl methyl sites for hydroxylation is 2. The topological polar surface area (TPSA) is 29.5 Å². The summed E-state index contributed by atoms with van der Waals surface area (Å²) in [6, 6.07) is 3.50. The first kappa shape index (κ1) is 17.8. The average molecular weight is 321 g/mol. The molecule has 0 unspecified atom stereocenters. The largest absolute Gasteiger partial charge is 0.490 e. The zero-order valence-corrected chi connectivity index (χ0v) is 14.5. The number of piperidine rings is 1. The van der Waals surface area contributed by atoms with E-state index in [-0.39, 0.29) is 11.7 Å². The molecule has 0 aromatic heterocycles. The molecule has 1 fully saturated rings. The van der Waals surface area contributed by atoms with Crippen LogP contribution in [0.2, 0.25) is 0 Å². The molecule has 1 aliphatic rings. The third kappa shape index (κ3) is 4.69. The van der Waals surface area contributed by atoms with Crippen LogP contribution in [0, 0.1) is 11.7 Å². The zero-order valence-electron chi connectivity index (χ0n) is 14.5. The first-order valence-corrected chi connectivity index (χ1v) is 8.74. The molecule has 0 atom stereocenters. The second-order valence-electron chi connectivity index (χ2n) is 6.42. The van der Waals surface area contributed by atoms with Crippen molar-refractivity contribution in [2.75, 3.05) is 19.7 Å². The molecule has 3 nitrogen and oxygen atoms in total. The number of amides is 1. The van der Waals surface area contributed by atoms with Gasteiger partial charge in [-0.25, -0.2) is 4.39 Å². The van der Waals surface area contributed by atoms with Gasteiger partial charge in [-0.3, -0.25) is 4.79 Å². The highest BCUT2D eigenvalue weighted by Gasteiger charge is 2.21. The van der Waals surface area contributed by atoms with Crippen molar-refractivity contribution in [1.82, 2.24) is 4.90 Å². The first-order chi connectivity index (χ1) is 11.0. The van der Waals surface area contributed by atoms with Crippen LogP contribution in [0.15, 0.2) is 12.1 Å². The number of hydrogen-bond acceptors (Lipinski definition) is 2. The fourth-order valence-corrected chi connectivity index (χ4v) is 3.20. The van der Waals surface area contributed by atoms with Crippen molar-refractivity contribution < 1.29 is 13.9 Å². The Hall–Kier alpha value is -1.58. The Morgan fingerprint density at radius 1 is 1.26 bits per heavy atom.